The first-order chi connectivity index (χ1) is 65.7. The van der Waals surface area contributed by atoms with Gasteiger partial charge in [-0.3, -0.25) is 27.4 Å². The van der Waals surface area contributed by atoms with Crippen LogP contribution < -0.4 is 30.2 Å². The van der Waals surface area contributed by atoms with E-state index in [1.807, 2.05) is 207 Å². The summed E-state index contributed by atoms with van der Waals surface area (Å²) in [6.07, 6.45) is 1.59. The zero-order chi connectivity index (χ0) is 93.6. The molecule has 18 rings (SSSR count). The predicted octanol–water partition coefficient (Wildman–Crippen LogP) is 19.5. The number of hydrogen-bond donors (Lipinski definition) is 3. The molecule has 135 heavy (non-hydrogen) atoms. The summed E-state index contributed by atoms with van der Waals surface area (Å²) in [4.78, 5) is 45.0. The summed E-state index contributed by atoms with van der Waals surface area (Å²) in [6, 6.07) is 85.2. The van der Waals surface area contributed by atoms with Crippen LogP contribution in [0.1, 0.15) is 110 Å². The molecule has 9 aromatic carbocycles. The first-order valence-electron chi connectivity index (χ1n) is 45.4. The van der Waals surface area contributed by atoms with Crippen molar-refractivity contribution in [3.8, 4) is 17.2 Å². The molecule has 0 saturated carbocycles. The Kier molecular flexibility index (Phi) is 28.0. The molecule has 3 aliphatic heterocycles. The fourth-order valence-corrected chi connectivity index (χ4v) is 22.1. The number of fused-ring (bicyclic) bond motifs is 3. The van der Waals surface area contributed by atoms with Crippen LogP contribution in [0.15, 0.2) is 293 Å². The lowest BCUT2D eigenvalue weighted by Crippen LogP contribution is -2.39. The normalized spacial score (nSPS) is 21.2. The Hall–Kier alpha value is -12.1. The summed E-state index contributed by atoms with van der Waals surface area (Å²) in [5.74, 6) is 2.67. The highest BCUT2D eigenvalue weighted by atomic mass is 31.2. The van der Waals surface area contributed by atoms with E-state index in [4.69, 9.17) is 101 Å². The number of rotatable bonds is 39. The Balaban J connectivity index is 0.672. The van der Waals surface area contributed by atoms with Crippen molar-refractivity contribution < 1.29 is 64.9 Å². The molecule has 8 unspecified atom stereocenters. The van der Waals surface area contributed by atoms with Crippen LogP contribution in [-0.4, -0.2) is 181 Å². The summed E-state index contributed by atoms with van der Waals surface area (Å²) >= 11 is 0. The van der Waals surface area contributed by atoms with Crippen molar-refractivity contribution in [3.63, 3.8) is 0 Å². The molecule has 0 bridgehead atoms. The van der Waals surface area contributed by atoms with Gasteiger partial charge in [0.25, 0.3) is 8.53 Å². The fourth-order valence-electron chi connectivity index (χ4n) is 18.8. The van der Waals surface area contributed by atoms with Gasteiger partial charge in [-0.05, 0) is 99.3 Å². The molecule has 0 radical (unpaired) electrons. The summed E-state index contributed by atoms with van der Waals surface area (Å²) in [6.45, 7) is 17.6. The largest absolute Gasteiger partial charge is 0.497 e. The minimum atomic E-state index is -4.24. The van der Waals surface area contributed by atoms with Gasteiger partial charge >= 0.3 is 7.60 Å². The Morgan fingerprint density at radius 3 is 1.05 bits per heavy atom. The smallest absolute Gasteiger partial charge is 0.328 e. The molecule has 3 N–H and O–H groups in total. The molecule has 33 heteroatoms. The van der Waals surface area contributed by atoms with Crippen LogP contribution in [0.5, 0.6) is 17.2 Å². The Morgan fingerprint density at radius 1 is 0.378 bits per heavy atom. The highest BCUT2D eigenvalue weighted by Gasteiger charge is 2.54. The monoisotopic (exact) mass is 1880 g/mol. The number of nitrogens with one attached hydrogen (secondary N) is 3. The van der Waals surface area contributed by atoms with Crippen LogP contribution in [0, 0.1) is 17.8 Å². The number of ether oxygens (including phenoxy) is 7. The summed E-state index contributed by atoms with van der Waals surface area (Å²) in [5.41, 5.74) is 7.93. The minimum Gasteiger partial charge on any atom is -0.497 e. The Bertz CT molecular complexity index is 6470. The van der Waals surface area contributed by atoms with Crippen LogP contribution in [0.3, 0.4) is 0 Å². The third-order valence-corrected chi connectivity index (χ3v) is 29.8. The van der Waals surface area contributed by atoms with Gasteiger partial charge in [0.15, 0.2) is 70.8 Å². The summed E-state index contributed by atoms with van der Waals surface area (Å²) in [5, 5.41) is 11.8. The van der Waals surface area contributed by atoms with Crippen molar-refractivity contribution in [1.82, 2.24) is 63.2 Å². The lowest BCUT2D eigenvalue weighted by Gasteiger charge is -2.37. The number of hydrogen-bond acceptors (Lipinski definition) is 27. The minimum absolute atomic E-state index is 0.0159. The number of imidazole rings is 3. The molecule has 0 spiro atoms. The van der Waals surface area contributed by atoms with E-state index in [0.717, 1.165) is 55.8 Å². The van der Waals surface area contributed by atoms with E-state index in [1.165, 1.54) is 25.6 Å². The molecule has 0 amide bonds. The van der Waals surface area contributed by atoms with Gasteiger partial charge < -0.3 is 67.2 Å². The number of anilines is 3. The molecule has 698 valence electrons. The van der Waals surface area contributed by atoms with Crippen molar-refractivity contribution in [1.29, 1.82) is 0 Å². The molecule has 9 heterocycles. The second-order valence-electron chi connectivity index (χ2n) is 34.3. The second-order valence-corrected chi connectivity index (χ2v) is 40.6. The molecule has 3 saturated heterocycles. The fraction of sp³-hybridized carbons (Fsp3) is 0.324. The van der Waals surface area contributed by atoms with Gasteiger partial charge in [0.2, 0.25) is 0 Å². The number of nitrogens with zero attached hydrogens (tertiary/aromatic N) is 13. The summed E-state index contributed by atoms with van der Waals surface area (Å²) < 4.78 is 118. The van der Waals surface area contributed by atoms with Gasteiger partial charge in [-0.1, -0.05) is 253 Å². The molecule has 6 aromatic heterocycles. The van der Waals surface area contributed by atoms with Crippen molar-refractivity contribution in [2.24, 2.45) is 17.8 Å². The molecule has 14 atom stereocenters. The summed E-state index contributed by atoms with van der Waals surface area (Å²) in [7, 11) is -4.41. The zero-order valence-electron chi connectivity index (χ0n) is 77.3. The lowest BCUT2D eigenvalue weighted by molar-refractivity contribution is -0.0604. The third kappa shape index (κ3) is 18.6. The topological polar surface area (TPSA) is 315 Å². The van der Waals surface area contributed by atoms with Crippen LogP contribution in [-0.2, 0) is 67.3 Å². The highest BCUT2D eigenvalue weighted by molar-refractivity contribution is 7.57. The van der Waals surface area contributed by atoms with Crippen LogP contribution in [0.4, 0.5) is 17.5 Å². The molecule has 3 aliphatic rings. The maximum atomic E-state index is 16.0. The molecular formula is C102H111N16O14P3. The van der Waals surface area contributed by atoms with Crippen molar-refractivity contribution in [3.05, 3.63) is 343 Å². The van der Waals surface area contributed by atoms with Crippen LogP contribution in [0.25, 0.3) is 33.5 Å². The SMILES string of the molecule is CCOC1C(OP(C)(=O)OC[C@H]2O[C@@H](n3cnc4c(NC(c5ccccc5)(c5ccccc5)c5ccc(OC)cc5)ncnc43)C(C)C2C)[C@H](n2cnc3c(NC(c4ccccc4)(c4ccccc4)c4ccc(OC)cc4)ncnc32)O[C@@H]1COP(OC1C(C)[C@@H](COP(C)(C)=O)O[C@H]1n1cnc2c(NC(c3ccccc3)(c3ccccc3)c3ccc(OC)cc3)ncnc21)N(CC)CC. The van der Waals surface area contributed by atoms with E-state index < -0.39 is 101 Å². The number of aromatic nitrogens is 12. The van der Waals surface area contributed by atoms with Crippen molar-refractivity contribution >= 4 is 74.4 Å². The molecular weight excluding hydrogens is 1770 g/mol. The van der Waals surface area contributed by atoms with Gasteiger partial charge in [0.1, 0.15) is 83.5 Å². The lowest BCUT2D eigenvalue weighted by atomic mass is 9.77. The highest BCUT2D eigenvalue weighted by Crippen LogP contribution is 2.56. The third-order valence-electron chi connectivity index (χ3n) is 26.0. The van der Waals surface area contributed by atoms with Gasteiger partial charge in [-0.2, -0.15) is 0 Å². The van der Waals surface area contributed by atoms with E-state index in [0.29, 0.717) is 75.5 Å². The maximum Gasteiger partial charge on any atom is 0.328 e. The first-order valence-corrected chi connectivity index (χ1v) is 51.0. The molecule has 3 fully saturated rings. The van der Waals surface area contributed by atoms with Gasteiger partial charge in [0.05, 0.1) is 72.3 Å². The standard InChI is InChI=1S/C102H111N16O14P3/c1-13-115(14-2)133(131-88-69(6)83(59-126-134(10,11)119)129-98(88)117-65-110-86-92(104-62-107-95(86)117)113-101(72-38-26-18-27-39-72,73-40-28-19-29-41-73)77-48-54-80(122-8)55-49-77)125-58-84-89(124-15-3)90(99(130-84)118-66-111-87-93(105-63-108-96(87)118)114-102(74-42-30-20-31-43-74,75-44-32-21-33-45-75)78-50-56-81(123-9)57-51-78)132-135(12,120)127-60-82-67(4)68(5)97(128-82)116-64-109-85-91(103-61-106-94(85)116)112-100(70-34-22-16-23-35-70,71-36-24-17-25-37-71)76-46-52-79(121-7)53-47-76/h16-57,61-69,82-84,88-90,97-99H,13-15,58-60H2,1-12H3,(H,103,106,112)(H,104,107,113)(H,105,108,114)/t67?,68?,69?,82-,83-,84-,88?,89?,90?,97-,98-,99-,133?,135?/m1/s1. The van der Waals surface area contributed by atoms with E-state index in [2.05, 4.69) is 119 Å². The first kappa shape index (κ1) is 93.3. The quantitative estimate of drug-likeness (QED) is 0.0238. The van der Waals surface area contributed by atoms with Gasteiger partial charge in [0, 0.05) is 51.5 Å². The zero-order valence-corrected chi connectivity index (χ0v) is 79.9. The predicted molar refractivity (Wildman–Crippen MR) is 519 cm³/mol. The van der Waals surface area contributed by atoms with Crippen LogP contribution >= 0.6 is 23.5 Å². The Labute approximate surface area is 786 Å². The van der Waals surface area contributed by atoms with Gasteiger partial charge in [-0.25, -0.2) is 49.5 Å². The van der Waals surface area contributed by atoms with Crippen molar-refractivity contribution in [2.45, 2.75) is 113 Å². The number of benzene rings is 9. The molecule has 0 aliphatic carbocycles. The maximum absolute atomic E-state index is 16.0. The Morgan fingerprint density at radius 2 is 0.704 bits per heavy atom. The van der Waals surface area contributed by atoms with E-state index in [-0.39, 0.29) is 38.3 Å². The second kappa shape index (κ2) is 40.5. The van der Waals surface area contributed by atoms with Crippen LogP contribution in [0.2, 0.25) is 0 Å². The van der Waals surface area contributed by atoms with Gasteiger partial charge in [-0.15, -0.1) is 0 Å². The van der Waals surface area contributed by atoms with Crippen molar-refractivity contribution in [2.75, 3.05) is 96.8 Å². The van der Waals surface area contributed by atoms with E-state index in [9.17, 15) is 4.57 Å². The average molecular weight is 1880 g/mol. The number of methoxy groups -OCH3 is 3. The molecule has 30 nitrogen and oxygen atoms in total. The van der Waals surface area contributed by atoms with E-state index >= 15 is 4.57 Å². The molecule has 15 aromatic rings. The average Bonchev–Trinajstić information content (AvgIpc) is 1.72. The van der Waals surface area contributed by atoms with E-state index in [1.54, 1.807) is 58.2 Å².